The van der Waals surface area contributed by atoms with E-state index in [-0.39, 0.29) is 48.7 Å². The van der Waals surface area contributed by atoms with Gasteiger partial charge in [-0.3, -0.25) is 9.59 Å². The largest absolute Gasteiger partial charge is 0.349 e. The van der Waals surface area contributed by atoms with Crippen LogP contribution in [0.5, 0.6) is 0 Å². The molecule has 3 atom stereocenters. The fourth-order valence-corrected chi connectivity index (χ4v) is 9.16. The number of nitrogens with zero attached hydrogens (tertiary/aromatic N) is 2. The highest BCUT2D eigenvalue weighted by Crippen LogP contribution is 2.42. The molecule has 4 aliphatic heterocycles. The van der Waals surface area contributed by atoms with Crippen LogP contribution in [0.15, 0.2) is 41.3 Å². The minimum absolute atomic E-state index is 0.0199. The summed E-state index contributed by atoms with van der Waals surface area (Å²) in [5.74, 6) is -0.543. The molecule has 2 bridgehead atoms. The molecule has 4 saturated heterocycles. The molecule has 5 fully saturated rings. The highest BCUT2D eigenvalue weighted by Gasteiger charge is 2.69. The summed E-state index contributed by atoms with van der Waals surface area (Å²) in [6, 6.07) is 9.07. The number of benzene rings is 2. The Hall–Kier alpha value is -2.53. The van der Waals surface area contributed by atoms with E-state index in [2.05, 4.69) is 10.0 Å². The highest BCUT2D eigenvalue weighted by molar-refractivity contribution is 7.89. The number of fused-ring (bicyclic) bond motifs is 4. The lowest BCUT2D eigenvalue weighted by Crippen LogP contribution is -2.79. The van der Waals surface area contributed by atoms with E-state index in [1.807, 2.05) is 4.90 Å². The Morgan fingerprint density at radius 3 is 2.46 bits per heavy atom. The molecule has 0 radical (unpaired) electrons. The standard InChI is InChI=1S/C28H33ClN4O5S/c1-18(26(35)32-17-19-4-9-23(32)10-5-19)33(14-2-3-25(33)34)28(12-13-30-27(28)36)31-39(37,38)24-11-7-20-15-22(29)8-6-21(20)16-24/h6-8,11,15-16,18-19,23,31H,2-5,9-10,12-14,17H2,1H3/p+1/t18-,19?,23?,28+,33?/m0/s1. The smallest absolute Gasteiger partial charge is 0.316 e. The summed E-state index contributed by atoms with van der Waals surface area (Å²) in [5, 5.41) is 4.77. The zero-order chi connectivity index (χ0) is 27.6. The van der Waals surface area contributed by atoms with Crippen molar-refractivity contribution in [3.8, 4) is 0 Å². The molecule has 39 heavy (non-hydrogen) atoms. The van der Waals surface area contributed by atoms with E-state index < -0.39 is 32.1 Å². The summed E-state index contributed by atoms with van der Waals surface area (Å²) in [6.45, 7) is 2.79. The predicted molar refractivity (Wildman–Crippen MR) is 146 cm³/mol. The van der Waals surface area contributed by atoms with Gasteiger partial charge in [0.05, 0.1) is 17.9 Å². The van der Waals surface area contributed by atoms with Gasteiger partial charge in [0, 0.05) is 37.0 Å². The molecule has 2 aromatic rings. The SMILES string of the molecule is C[C@@H](C(=O)N1CC2CCC1CC2)[N+]1([C@]2(NS(=O)(=O)c3ccc4cc(Cl)ccc4c3)CCNC2=O)CCCC1=O. The van der Waals surface area contributed by atoms with Crippen molar-refractivity contribution >= 4 is 50.1 Å². The second-order valence-corrected chi connectivity index (χ2v) is 13.7. The van der Waals surface area contributed by atoms with E-state index >= 15 is 0 Å². The number of halogens is 1. The molecule has 2 N–H and O–H groups in total. The first kappa shape index (κ1) is 26.7. The van der Waals surface area contributed by atoms with Gasteiger partial charge in [-0.05, 0) is 73.6 Å². The molecule has 0 aromatic heterocycles. The van der Waals surface area contributed by atoms with Gasteiger partial charge >= 0.3 is 5.91 Å². The van der Waals surface area contributed by atoms with Crippen LogP contribution in [0.3, 0.4) is 0 Å². The Bertz CT molecular complexity index is 1470. The number of carbonyl (C=O) groups is 3. The van der Waals surface area contributed by atoms with E-state index in [9.17, 15) is 22.8 Å². The lowest BCUT2D eigenvalue weighted by atomic mass is 9.79. The molecule has 9 nitrogen and oxygen atoms in total. The first-order chi connectivity index (χ1) is 18.6. The van der Waals surface area contributed by atoms with Crippen molar-refractivity contribution in [2.45, 2.75) is 74.5 Å². The monoisotopic (exact) mass is 573 g/mol. The van der Waals surface area contributed by atoms with Crippen LogP contribution in [0.25, 0.3) is 10.8 Å². The Kier molecular flexibility index (Phi) is 6.53. The number of piperidine rings is 2. The van der Waals surface area contributed by atoms with Crippen molar-refractivity contribution in [1.29, 1.82) is 0 Å². The van der Waals surface area contributed by atoms with Crippen molar-refractivity contribution in [3.05, 3.63) is 41.4 Å². The number of likely N-dealkylation sites (tertiary alicyclic amines) is 1. The first-order valence-electron chi connectivity index (χ1n) is 13.8. The summed E-state index contributed by atoms with van der Waals surface area (Å²) in [7, 11) is -4.26. The van der Waals surface area contributed by atoms with Gasteiger partial charge in [0.1, 0.15) is 0 Å². The van der Waals surface area contributed by atoms with Gasteiger partial charge < -0.3 is 10.2 Å². The number of carbonyl (C=O) groups excluding carboxylic acids is 3. The van der Waals surface area contributed by atoms with E-state index in [1.54, 1.807) is 31.2 Å². The second-order valence-electron chi connectivity index (χ2n) is 11.6. The number of nitrogens with one attached hydrogen (secondary N) is 2. The zero-order valence-electron chi connectivity index (χ0n) is 22.0. The third-order valence-corrected chi connectivity index (χ3v) is 11.3. The van der Waals surface area contributed by atoms with Crippen LogP contribution in [0.4, 0.5) is 0 Å². The number of amides is 3. The maximum Gasteiger partial charge on any atom is 0.316 e. The Morgan fingerprint density at radius 1 is 1.13 bits per heavy atom. The van der Waals surface area contributed by atoms with Gasteiger partial charge in [-0.2, -0.15) is 0 Å². The highest BCUT2D eigenvalue weighted by atomic mass is 35.5. The van der Waals surface area contributed by atoms with Gasteiger partial charge in [-0.1, -0.05) is 23.7 Å². The van der Waals surface area contributed by atoms with Crippen LogP contribution in [0.2, 0.25) is 5.02 Å². The van der Waals surface area contributed by atoms with Crippen LogP contribution in [0.1, 0.15) is 51.9 Å². The molecule has 4 heterocycles. The fraction of sp³-hybridized carbons (Fsp3) is 0.536. The third kappa shape index (κ3) is 4.10. The number of hydrogen-bond donors (Lipinski definition) is 2. The van der Waals surface area contributed by atoms with Gasteiger partial charge in [-0.15, -0.1) is 4.72 Å². The molecular formula is C28H34ClN4O5S+. The number of quaternary nitrogens is 1. The predicted octanol–water partition coefficient (Wildman–Crippen LogP) is 2.91. The molecule has 208 valence electrons. The van der Waals surface area contributed by atoms with E-state index in [1.165, 1.54) is 12.1 Å². The minimum atomic E-state index is -4.26. The van der Waals surface area contributed by atoms with Crippen LogP contribution in [-0.4, -0.2) is 72.9 Å². The molecule has 5 aliphatic rings. The molecule has 11 heteroatoms. The van der Waals surface area contributed by atoms with Crippen LogP contribution in [-0.2, 0) is 24.4 Å². The van der Waals surface area contributed by atoms with Gasteiger partial charge in [0.2, 0.25) is 10.0 Å². The topological polar surface area (TPSA) is 113 Å². The molecule has 0 spiro atoms. The Labute approximate surface area is 233 Å². The maximum atomic E-state index is 14.1. The number of hydrogen-bond acceptors (Lipinski definition) is 5. The second kappa shape index (κ2) is 9.54. The average molecular weight is 574 g/mol. The normalized spacial score (nSPS) is 31.6. The third-order valence-electron chi connectivity index (χ3n) is 9.58. The molecule has 1 unspecified atom stereocenters. The molecule has 1 saturated carbocycles. The molecule has 1 aliphatic carbocycles. The van der Waals surface area contributed by atoms with Gasteiger partial charge in [0.25, 0.3) is 17.5 Å². The van der Waals surface area contributed by atoms with E-state index in [4.69, 9.17) is 11.6 Å². The summed E-state index contributed by atoms with van der Waals surface area (Å²) < 4.78 is 30.0. The van der Waals surface area contributed by atoms with Crippen molar-refractivity contribution in [2.75, 3.05) is 19.6 Å². The number of sulfonamides is 1. The van der Waals surface area contributed by atoms with Crippen LogP contribution < -0.4 is 10.0 Å². The van der Waals surface area contributed by atoms with Crippen molar-refractivity contribution in [1.82, 2.24) is 14.9 Å². The summed E-state index contributed by atoms with van der Waals surface area (Å²) in [5.41, 5.74) is -1.81. The minimum Gasteiger partial charge on any atom is -0.349 e. The molecule has 2 aromatic carbocycles. The van der Waals surface area contributed by atoms with Crippen LogP contribution in [0, 0.1) is 5.92 Å². The lowest BCUT2D eigenvalue weighted by Gasteiger charge is -2.51. The van der Waals surface area contributed by atoms with Gasteiger partial charge in [0.15, 0.2) is 6.04 Å². The summed E-state index contributed by atoms with van der Waals surface area (Å²) in [4.78, 5) is 43.5. The number of rotatable bonds is 6. The molecule has 7 rings (SSSR count). The van der Waals surface area contributed by atoms with Crippen LogP contribution >= 0.6 is 11.6 Å². The lowest BCUT2D eigenvalue weighted by molar-refractivity contribution is -0.903. The molecule has 3 amide bonds. The van der Waals surface area contributed by atoms with E-state index in [0.717, 1.165) is 31.1 Å². The average Bonchev–Trinajstić information content (AvgIpc) is 3.51. The maximum absolute atomic E-state index is 14.1. The quantitative estimate of drug-likeness (QED) is 0.516. The van der Waals surface area contributed by atoms with Crippen molar-refractivity contribution < 1.29 is 27.3 Å². The Morgan fingerprint density at radius 2 is 1.85 bits per heavy atom. The summed E-state index contributed by atoms with van der Waals surface area (Å²) in [6.07, 6.45) is 4.85. The Balaban J connectivity index is 1.41. The zero-order valence-corrected chi connectivity index (χ0v) is 23.6. The van der Waals surface area contributed by atoms with Gasteiger partial charge in [-0.25, -0.2) is 17.7 Å². The fourth-order valence-electron chi connectivity index (χ4n) is 7.53. The molecular weight excluding hydrogens is 540 g/mol. The van der Waals surface area contributed by atoms with Crippen molar-refractivity contribution in [2.24, 2.45) is 5.92 Å². The van der Waals surface area contributed by atoms with Crippen molar-refractivity contribution in [3.63, 3.8) is 0 Å². The summed E-state index contributed by atoms with van der Waals surface area (Å²) >= 11 is 6.09. The first-order valence-corrected chi connectivity index (χ1v) is 15.7. The van der Waals surface area contributed by atoms with E-state index in [0.29, 0.717) is 29.3 Å².